The van der Waals surface area contributed by atoms with Crippen LogP contribution in [0.2, 0.25) is 0 Å². The number of halogens is 3. The molecule has 6 nitrogen and oxygen atoms in total. The van der Waals surface area contributed by atoms with E-state index in [4.69, 9.17) is 0 Å². The summed E-state index contributed by atoms with van der Waals surface area (Å²) in [5.74, 6) is 0. The summed E-state index contributed by atoms with van der Waals surface area (Å²) in [5, 5.41) is 0. The first kappa shape index (κ1) is 26.2. The quantitative estimate of drug-likeness (QED) is 0.520. The molecule has 0 radical (unpaired) electrons. The fourth-order valence-electron chi connectivity index (χ4n) is 4.01. The fraction of sp³-hybridized carbons (Fsp3) is 0.560. The smallest absolute Gasteiger partial charge is 0.369 e. The molecule has 2 aromatic rings. The lowest BCUT2D eigenvalue weighted by molar-refractivity contribution is -0.137. The van der Waals surface area contributed by atoms with E-state index < -0.39 is 11.7 Å². The molecular formula is C25H37F3N6. The van der Waals surface area contributed by atoms with Gasteiger partial charge in [-0.25, -0.2) is 0 Å². The highest BCUT2D eigenvalue weighted by atomic mass is 19.4. The molecule has 0 unspecified atom stereocenters. The van der Waals surface area contributed by atoms with Crippen LogP contribution in [0.25, 0.3) is 0 Å². The summed E-state index contributed by atoms with van der Waals surface area (Å²) in [5.41, 5.74) is 2.47. The van der Waals surface area contributed by atoms with Gasteiger partial charge in [-0.3, -0.25) is 9.88 Å². The molecule has 34 heavy (non-hydrogen) atoms. The molecule has 0 bridgehead atoms. The molecule has 1 aliphatic rings. The monoisotopic (exact) mass is 478 g/mol. The van der Waals surface area contributed by atoms with Crippen LogP contribution in [0.3, 0.4) is 0 Å². The van der Waals surface area contributed by atoms with Crippen LogP contribution in [0.4, 0.5) is 24.5 Å². The Morgan fingerprint density at radius 2 is 1.41 bits per heavy atom. The van der Waals surface area contributed by atoms with Crippen LogP contribution in [0.15, 0.2) is 42.6 Å². The van der Waals surface area contributed by atoms with Crippen molar-refractivity contribution in [2.24, 2.45) is 0 Å². The molecule has 1 aromatic heterocycles. The van der Waals surface area contributed by atoms with Crippen molar-refractivity contribution in [3.63, 3.8) is 0 Å². The van der Waals surface area contributed by atoms with Gasteiger partial charge in [-0.05, 0) is 64.6 Å². The molecular weight excluding hydrogens is 441 g/mol. The molecule has 9 heteroatoms. The Morgan fingerprint density at radius 1 is 0.824 bits per heavy atom. The van der Waals surface area contributed by atoms with Gasteiger partial charge in [0.2, 0.25) is 0 Å². The van der Waals surface area contributed by atoms with Crippen molar-refractivity contribution in [1.82, 2.24) is 19.7 Å². The van der Waals surface area contributed by atoms with Gasteiger partial charge in [0.15, 0.2) is 0 Å². The molecule has 0 N–H and O–H groups in total. The molecule has 188 valence electrons. The van der Waals surface area contributed by atoms with Gasteiger partial charge in [-0.1, -0.05) is 0 Å². The van der Waals surface area contributed by atoms with E-state index in [1.54, 1.807) is 12.1 Å². The Morgan fingerprint density at radius 3 is 1.94 bits per heavy atom. The molecule has 0 spiro atoms. The van der Waals surface area contributed by atoms with Crippen LogP contribution < -0.4 is 9.80 Å². The Balaban J connectivity index is 1.57. The van der Waals surface area contributed by atoms with Crippen molar-refractivity contribution in [3.8, 4) is 0 Å². The van der Waals surface area contributed by atoms with Crippen LogP contribution in [-0.2, 0) is 12.7 Å². The zero-order chi connectivity index (χ0) is 24.7. The predicted molar refractivity (Wildman–Crippen MR) is 132 cm³/mol. The molecule has 3 rings (SSSR count). The highest BCUT2D eigenvalue weighted by Gasteiger charge is 2.30. The first-order valence-corrected chi connectivity index (χ1v) is 11.8. The zero-order valence-electron chi connectivity index (χ0n) is 20.7. The van der Waals surface area contributed by atoms with Crippen molar-refractivity contribution < 1.29 is 13.2 Å². The van der Waals surface area contributed by atoms with Gasteiger partial charge in [-0.15, -0.1) is 0 Å². The lowest BCUT2D eigenvalue weighted by atomic mass is 10.1. The van der Waals surface area contributed by atoms with Crippen LogP contribution in [0.1, 0.15) is 11.3 Å². The number of rotatable bonds is 10. The largest absolute Gasteiger partial charge is 0.416 e. The standard InChI is InChI=1S/C25H37F3N6/c1-30(2)11-15-34(16-12-31(3)4)24-9-10-29-22(19-24)20-32-13-17-33(18-14-32)23-7-5-21(6-8-23)25(26,27)28/h5-10,19H,11-18,20H2,1-4H3. The average molecular weight is 479 g/mol. The molecule has 0 atom stereocenters. The fourth-order valence-corrected chi connectivity index (χ4v) is 4.01. The number of likely N-dealkylation sites (N-methyl/N-ethyl adjacent to an activating group) is 2. The van der Waals surface area contributed by atoms with E-state index in [9.17, 15) is 13.2 Å². The van der Waals surface area contributed by atoms with E-state index in [1.165, 1.54) is 5.69 Å². The molecule has 1 saturated heterocycles. The number of nitrogens with zero attached hydrogens (tertiary/aromatic N) is 6. The molecule has 0 amide bonds. The van der Waals surface area contributed by atoms with E-state index >= 15 is 0 Å². The number of pyridine rings is 1. The minimum absolute atomic E-state index is 0.606. The van der Waals surface area contributed by atoms with Gasteiger partial charge in [0.1, 0.15) is 0 Å². The summed E-state index contributed by atoms with van der Waals surface area (Å²) < 4.78 is 38.5. The molecule has 2 heterocycles. The maximum absolute atomic E-state index is 12.8. The summed E-state index contributed by atoms with van der Waals surface area (Å²) in [4.78, 5) is 15.9. The second kappa shape index (κ2) is 11.9. The summed E-state index contributed by atoms with van der Waals surface area (Å²) in [6.45, 7) is 7.89. The maximum atomic E-state index is 12.8. The van der Waals surface area contributed by atoms with Crippen LogP contribution in [0.5, 0.6) is 0 Å². The number of piperazine rings is 1. The first-order valence-electron chi connectivity index (χ1n) is 11.8. The van der Waals surface area contributed by atoms with Gasteiger partial charge in [0.25, 0.3) is 0 Å². The SMILES string of the molecule is CN(C)CCN(CCN(C)C)c1ccnc(CN2CCN(c3ccc(C(F)(F)F)cc3)CC2)c1. The van der Waals surface area contributed by atoms with Crippen LogP contribution in [0, 0.1) is 0 Å². The number of anilines is 2. The Hall–Kier alpha value is -2.36. The second-order valence-electron chi connectivity index (χ2n) is 9.41. The van der Waals surface area contributed by atoms with Crippen LogP contribution >= 0.6 is 0 Å². The van der Waals surface area contributed by atoms with Crippen molar-refractivity contribution in [2.45, 2.75) is 12.7 Å². The lowest BCUT2D eigenvalue weighted by Crippen LogP contribution is -2.46. The van der Waals surface area contributed by atoms with Gasteiger partial charge in [0.05, 0.1) is 11.3 Å². The van der Waals surface area contributed by atoms with Gasteiger partial charge in [0, 0.05) is 76.5 Å². The molecule has 1 aliphatic heterocycles. The van der Waals surface area contributed by atoms with Gasteiger partial charge in [-0.2, -0.15) is 13.2 Å². The van der Waals surface area contributed by atoms with E-state index in [0.29, 0.717) is 0 Å². The van der Waals surface area contributed by atoms with Crippen molar-refractivity contribution in [1.29, 1.82) is 0 Å². The predicted octanol–water partition coefficient (Wildman–Crippen LogP) is 3.35. The third-order valence-corrected chi connectivity index (χ3v) is 6.12. The number of alkyl halides is 3. The third-order valence-electron chi connectivity index (χ3n) is 6.12. The summed E-state index contributed by atoms with van der Waals surface area (Å²) in [6, 6.07) is 9.73. The van der Waals surface area contributed by atoms with Crippen molar-refractivity contribution >= 4 is 11.4 Å². The highest BCUT2D eigenvalue weighted by Crippen LogP contribution is 2.30. The molecule has 0 saturated carbocycles. The second-order valence-corrected chi connectivity index (χ2v) is 9.41. The minimum Gasteiger partial charge on any atom is -0.369 e. The summed E-state index contributed by atoms with van der Waals surface area (Å²) in [7, 11) is 8.36. The van der Waals surface area contributed by atoms with Gasteiger partial charge >= 0.3 is 6.18 Å². The average Bonchev–Trinajstić information content (AvgIpc) is 2.79. The maximum Gasteiger partial charge on any atom is 0.416 e. The number of benzene rings is 1. The number of hydrogen-bond acceptors (Lipinski definition) is 6. The van der Waals surface area contributed by atoms with E-state index in [1.807, 2.05) is 6.20 Å². The molecule has 0 aliphatic carbocycles. The van der Waals surface area contributed by atoms with Crippen LogP contribution in [-0.4, -0.2) is 100 Å². The van der Waals surface area contributed by atoms with Crippen molar-refractivity contribution in [2.75, 3.05) is 90.3 Å². The Labute approximate surface area is 201 Å². The highest BCUT2D eigenvalue weighted by molar-refractivity contribution is 5.49. The summed E-state index contributed by atoms with van der Waals surface area (Å²) >= 11 is 0. The van der Waals surface area contributed by atoms with E-state index in [0.717, 1.165) is 82.4 Å². The minimum atomic E-state index is -4.30. The molecule has 1 fully saturated rings. The Kier molecular flexibility index (Phi) is 9.16. The number of hydrogen-bond donors (Lipinski definition) is 0. The van der Waals surface area contributed by atoms with Gasteiger partial charge < -0.3 is 19.6 Å². The number of aromatic nitrogens is 1. The topological polar surface area (TPSA) is 29.1 Å². The first-order chi connectivity index (χ1) is 16.1. The van der Waals surface area contributed by atoms with Crippen molar-refractivity contribution in [3.05, 3.63) is 53.9 Å². The summed E-state index contributed by atoms with van der Waals surface area (Å²) in [6.07, 6.45) is -2.41. The zero-order valence-corrected chi connectivity index (χ0v) is 20.7. The normalized spacial score (nSPS) is 15.4. The molecule has 1 aromatic carbocycles. The Bertz CT molecular complexity index is 865. The van der Waals surface area contributed by atoms with E-state index in [2.05, 4.69) is 69.8 Å². The lowest BCUT2D eigenvalue weighted by Gasteiger charge is -2.36. The van der Waals surface area contributed by atoms with E-state index in [-0.39, 0.29) is 0 Å². The third kappa shape index (κ3) is 7.85.